The zero-order valence-corrected chi connectivity index (χ0v) is 9.49. The van der Waals surface area contributed by atoms with Crippen LogP contribution in [0.5, 0.6) is 5.75 Å². The molecule has 0 radical (unpaired) electrons. The van der Waals surface area contributed by atoms with Gasteiger partial charge < -0.3 is 15.4 Å². The Morgan fingerprint density at radius 3 is 2.76 bits per heavy atom. The summed E-state index contributed by atoms with van der Waals surface area (Å²) < 4.78 is 18.1. The summed E-state index contributed by atoms with van der Waals surface area (Å²) in [6.45, 7) is 1.54. The van der Waals surface area contributed by atoms with Crippen molar-refractivity contribution in [2.24, 2.45) is 0 Å². The van der Waals surface area contributed by atoms with Crippen molar-refractivity contribution < 1.29 is 13.9 Å². The number of benzene rings is 1. The van der Waals surface area contributed by atoms with Gasteiger partial charge in [0.15, 0.2) is 6.61 Å². The third-order valence-corrected chi connectivity index (χ3v) is 2.78. The molecule has 92 valence electrons. The lowest BCUT2D eigenvalue weighted by Crippen LogP contribution is -2.32. The summed E-state index contributed by atoms with van der Waals surface area (Å²) in [5.41, 5.74) is 5.78. The number of hydrogen-bond donors (Lipinski definition) is 1. The first-order valence-corrected chi connectivity index (χ1v) is 5.62. The molecule has 1 saturated heterocycles. The molecule has 2 N–H and O–H groups in total. The highest BCUT2D eigenvalue weighted by Crippen LogP contribution is 2.21. The molecule has 1 heterocycles. The molecule has 4 nitrogen and oxygen atoms in total. The van der Waals surface area contributed by atoms with E-state index in [4.69, 9.17) is 10.5 Å². The van der Waals surface area contributed by atoms with E-state index >= 15 is 0 Å². The Morgan fingerprint density at radius 1 is 1.41 bits per heavy atom. The Morgan fingerprint density at radius 2 is 2.12 bits per heavy atom. The topological polar surface area (TPSA) is 55.6 Å². The highest BCUT2D eigenvalue weighted by Gasteiger charge is 2.18. The molecule has 0 aromatic heterocycles. The molecular weight excluding hydrogens is 223 g/mol. The largest absolute Gasteiger partial charge is 0.482 e. The predicted molar refractivity (Wildman–Crippen MR) is 62.1 cm³/mol. The monoisotopic (exact) mass is 238 g/mol. The average Bonchev–Trinajstić information content (AvgIpc) is 2.81. The number of likely N-dealkylation sites (tertiary alicyclic amines) is 1. The van der Waals surface area contributed by atoms with Crippen molar-refractivity contribution in [2.75, 3.05) is 25.4 Å². The van der Waals surface area contributed by atoms with Gasteiger partial charge in [-0.1, -0.05) is 0 Å². The number of carbonyl (C=O) groups is 1. The van der Waals surface area contributed by atoms with E-state index in [-0.39, 0.29) is 18.2 Å². The van der Waals surface area contributed by atoms with Crippen LogP contribution in [0.1, 0.15) is 12.8 Å². The molecule has 0 spiro atoms. The van der Waals surface area contributed by atoms with Gasteiger partial charge in [-0.15, -0.1) is 0 Å². The van der Waals surface area contributed by atoms with Gasteiger partial charge in [0.25, 0.3) is 5.91 Å². The molecule has 1 aliphatic heterocycles. The molecule has 1 aromatic rings. The van der Waals surface area contributed by atoms with Crippen LogP contribution in [0, 0.1) is 5.82 Å². The number of ether oxygens (including phenoxy) is 1. The maximum absolute atomic E-state index is 12.8. The molecule has 17 heavy (non-hydrogen) atoms. The molecule has 2 rings (SSSR count). The molecule has 0 unspecified atom stereocenters. The van der Waals surface area contributed by atoms with Gasteiger partial charge in [-0.3, -0.25) is 4.79 Å². The summed E-state index contributed by atoms with van der Waals surface area (Å²) >= 11 is 0. The predicted octanol–water partition coefficient (Wildman–Crippen LogP) is 1.41. The van der Waals surface area contributed by atoms with Crippen molar-refractivity contribution in [3.05, 3.63) is 24.0 Å². The van der Waals surface area contributed by atoms with E-state index in [2.05, 4.69) is 0 Å². The molecule has 0 bridgehead atoms. The smallest absolute Gasteiger partial charge is 0.260 e. The number of rotatable bonds is 3. The van der Waals surface area contributed by atoms with Gasteiger partial charge in [0.1, 0.15) is 11.6 Å². The number of halogens is 1. The first-order valence-electron chi connectivity index (χ1n) is 5.62. The lowest BCUT2D eigenvalue weighted by atomic mass is 10.3. The fourth-order valence-corrected chi connectivity index (χ4v) is 1.85. The van der Waals surface area contributed by atoms with E-state index in [1.165, 1.54) is 18.2 Å². The van der Waals surface area contributed by atoms with Crippen molar-refractivity contribution >= 4 is 11.6 Å². The van der Waals surface area contributed by atoms with Gasteiger partial charge >= 0.3 is 0 Å². The quantitative estimate of drug-likeness (QED) is 0.810. The first-order chi connectivity index (χ1) is 8.16. The normalized spacial score (nSPS) is 15.0. The van der Waals surface area contributed by atoms with Crippen molar-refractivity contribution in [1.82, 2.24) is 4.90 Å². The summed E-state index contributed by atoms with van der Waals surface area (Å²) in [6.07, 6.45) is 2.09. The van der Waals surface area contributed by atoms with Crippen LogP contribution in [0.15, 0.2) is 18.2 Å². The number of anilines is 1. The Labute approximate surface area is 99.2 Å². The second-order valence-corrected chi connectivity index (χ2v) is 4.06. The Bertz CT molecular complexity index is 417. The van der Waals surface area contributed by atoms with Crippen LogP contribution in [-0.4, -0.2) is 30.5 Å². The van der Waals surface area contributed by atoms with Gasteiger partial charge in [-0.05, 0) is 25.0 Å². The van der Waals surface area contributed by atoms with Crippen molar-refractivity contribution in [1.29, 1.82) is 0 Å². The summed E-state index contributed by atoms with van der Waals surface area (Å²) in [5.74, 6) is -0.120. The minimum absolute atomic E-state index is 0.0458. The molecule has 0 aliphatic carbocycles. The number of nitrogens with zero attached hydrogens (tertiary/aromatic N) is 1. The third-order valence-electron chi connectivity index (χ3n) is 2.78. The molecular formula is C12H15FN2O2. The minimum atomic E-state index is -0.416. The van der Waals surface area contributed by atoms with E-state index in [9.17, 15) is 9.18 Å². The van der Waals surface area contributed by atoms with Crippen LogP contribution in [0.4, 0.5) is 10.1 Å². The second-order valence-electron chi connectivity index (χ2n) is 4.06. The molecule has 1 fully saturated rings. The summed E-state index contributed by atoms with van der Waals surface area (Å²) in [4.78, 5) is 13.4. The molecule has 1 aliphatic rings. The van der Waals surface area contributed by atoms with Crippen LogP contribution in [0.3, 0.4) is 0 Å². The SMILES string of the molecule is Nc1cc(F)ccc1OCC(=O)N1CCCC1. The lowest BCUT2D eigenvalue weighted by Gasteiger charge is -2.16. The zero-order chi connectivity index (χ0) is 12.3. The van der Waals surface area contributed by atoms with E-state index in [1.807, 2.05) is 0 Å². The van der Waals surface area contributed by atoms with Crippen molar-refractivity contribution in [3.63, 3.8) is 0 Å². The highest BCUT2D eigenvalue weighted by atomic mass is 19.1. The first kappa shape index (κ1) is 11.7. The van der Waals surface area contributed by atoms with Gasteiger partial charge in [0.05, 0.1) is 5.69 Å². The minimum Gasteiger partial charge on any atom is -0.482 e. The Hall–Kier alpha value is -1.78. The standard InChI is InChI=1S/C12H15FN2O2/c13-9-3-4-11(10(14)7-9)17-8-12(16)15-5-1-2-6-15/h3-4,7H,1-2,5-6,8,14H2. The lowest BCUT2D eigenvalue weighted by molar-refractivity contribution is -0.132. The fourth-order valence-electron chi connectivity index (χ4n) is 1.85. The van der Waals surface area contributed by atoms with E-state index in [0.717, 1.165) is 25.9 Å². The number of hydrogen-bond acceptors (Lipinski definition) is 3. The van der Waals surface area contributed by atoms with Gasteiger partial charge in [-0.2, -0.15) is 0 Å². The third kappa shape index (κ3) is 2.87. The summed E-state index contributed by atoms with van der Waals surface area (Å²) in [6, 6.07) is 3.86. The number of nitrogen functional groups attached to an aromatic ring is 1. The summed E-state index contributed by atoms with van der Waals surface area (Å²) in [5, 5.41) is 0. The second kappa shape index (κ2) is 5.03. The van der Waals surface area contributed by atoms with Gasteiger partial charge in [0, 0.05) is 19.2 Å². The van der Waals surface area contributed by atoms with E-state index in [0.29, 0.717) is 5.75 Å². The van der Waals surface area contributed by atoms with Crippen LogP contribution in [-0.2, 0) is 4.79 Å². The van der Waals surface area contributed by atoms with E-state index in [1.54, 1.807) is 4.90 Å². The molecule has 1 amide bonds. The van der Waals surface area contributed by atoms with Crippen LogP contribution in [0.2, 0.25) is 0 Å². The number of amides is 1. The van der Waals surface area contributed by atoms with Gasteiger partial charge in [0.2, 0.25) is 0 Å². The van der Waals surface area contributed by atoms with Crippen molar-refractivity contribution in [3.8, 4) is 5.75 Å². The fraction of sp³-hybridized carbons (Fsp3) is 0.417. The molecule has 0 atom stereocenters. The van der Waals surface area contributed by atoms with Crippen LogP contribution in [0.25, 0.3) is 0 Å². The zero-order valence-electron chi connectivity index (χ0n) is 9.49. The highest BCUT2D eigenvalue weighted by molar-refractivity contribution is 5.78. The molecule has 1 aromatic carbocycles. The van der Waals surface area contributed by atoms with Gasteiger partial charge in [-0.25, -0.2) is 4.39 Å². The Kier molecular flexibility index (Phi) is 3.46. The number of nitrogens with two attached hydrogens (primary N) is 1. The molecule has 0 saturated carbocycles. The summed E-state index contributed by atoms with van der Waals surface area (Å²) in [7, 11) is 0. The van der Waals surface area contributed by atoms with Crippen molar-refractivity contribution in [2.45, 2.75) is 12.8 Å². The maximum Gasteiger partial charge on any atom is 0.260 e. The Balaban J connectivity index is 1.90. The van der Waals surface area contributed by atoms with Crippen LogP contribution >= 0.6 is 0 Å². The van der Waals surface area contributed by atoms with E-state index < -0.39 is 5.82 Å². The van der Waals surface area contributed by atoms with Crippen LogP contribution < -0.4 is 10.5 Å². The number of carbonyl (C=O) groups excluding carboxylic acids is 1. The molecule has 5 heteroatoms. The average molecular weight is 238 g/mol. The maximum atomic E-state index is 12.8.